The van der Waals surface area contributed by atoms with Crippen molar-refractivity contribution in [2.45, 2.75) is 20.4 Å². The highest BCUT2D eigenvalue weighted by molar-refractivity contribution is 6.07. The van der Waals surface area contributed by atoms with Crippen LogP contribution in [0, 0.1) is 13.8 Å². The molecule has 3 aromatic carbocycles. The number of benzene rings is 3. The number of hydrogen-bond donors (Lipinski definition) is 0. The Morgan fingerprint density at radius 3 is 2.22 bits per heavy atom. The Morgan fingerprint density at radius 2 is 1.52 bits per heavy atom. The fourth-order valence-corrected chi connectivity index (χ4v) is 3.27. The molecule has 0 spiro atoms. The molecule has 0 saturated heterocycles. The molecule has 0 aliphatic rings. The zero-order chi connectivity index (χ0) is 18.8. The van der Waals surface area contributed by atoms with Gasteiger partial charge in [0.05, 0.1) is 6.54 Å². The first-order chi connectivity index (χ1) is 13.1. The van der Waals surface area contributed by atoms with Crippen molar-refractivity contribution in [1.29, 1.82) is 0 Å². The van der Waals surface area contributed by atoms with Gasteiger partial charge < -0.3 is 9.32 Å². The second-order valence-electron chi connectivity index (χ2n) is 6.76. The van der Waals surface area contributed by atoms with Crippen LogP contribution < -0.4 is 4.90 Å². The highest BCUT2D eigenvalue weighted by Crippen LogP contribution is 2.28. The third kappa shape index (κ3) is 3.36. The van der Waals surface area contributed by atoms with Crippen LogP contribution in [0.4, 0.5) is 5.69 Å². The lowest BCUT2D eigenvalue weighted by Crippen LogP contribution is -2.30. The average Bonchev–Trinajstić information content (AvgIpc) is 3.04. The molecule has 134 valence electrons. The molecule has 4 rings (SSSR count). The number of para-hydroxylation sites is 1. The largest absolute Gasteiger partial charge is 0.451 e. The van der Waals surface area contributed by atoms with Crippen LogP contribution in [0.3, 0.4) is 0 Å². The van der Waals surface area contributed by atoms with Gasteiger partial charge in [-0.3, -0.25) is 4.79 Å². The number of carbonyl (C=O) groups excluding carboxylic acids is 1. The minimum atomic E-state index is -0.128. The van der Waals surface area contributed by atoms with Gasteiger partial charge in [0.2, 0.25) is 0 Å². The fourth-order valence-electron chi connectivity index (χ4n) is 3.27. The van der Waals surface area contributed by atoms with E-state index >= 15 is 0 Å². The van der Waals surface area contributed by atoms with Crippen LogP contribution >= 0.6 is 0 Å². The summed E-state index contributed by atoms with van der Waals surface area (Å²) < 4.78 is 5.93. The minimum absolute atomic E-state index is 0.128. The highest BCUT2D eigenvalue weighted by atomic mass is 16.3. The minimum Gasteiger partial charge on any atom is -0.451 e. The van der Waals surface area contributed by atoms with Crippen LogP contribution in [0.1, 0.15) is 27.2 Å². The van der Waals surface area contributed by atoms with E-state index in [0.29, 0.717) is 12.3 Å². The molecule has 0 fully saturated rings. The van der Waals surface area contributed by atoms with Crippen LogP contribution in [0.25, 0.3) is 11.0 Å². The van der Waals surface area contributed by atoms with Crippen molar-refractivity contribution in [3.8, 4) is 0 Å². The zero-order valence-electron chi connectivity index (χ0n) is 15.5. The number of nitrogens with zero attached hydrogens (tertiary/aromatic N) is 1. The van der Waals surface area contributed by atoms with Gasteiger partial charge in [-0.1, -0.05) is 66.2 Å². The predicted octanol–water partition coefficient (Wildman–Crippen LogP) is 5.90. The molecule has 0 atom stereocenters. The highest BCUT2D eigenvalue weighted by Gasteiger charge is 2.24. The lowest BCUT2D eigenvalue weighted by molar-refractivity contribution is 0.0959. The number of anilines is 1. The molecule has 0 aliphatic heterocycles. The summed E-state index contributed by atoms with van der Waals surface area (Å²) in [4.78, 5) is 15.2. The maximum Gasteiger partial charge on any atom is 0.294 e. The molecule has 0 N–H and O–H groups in total. The Hall–Kier alpha value is -3.33. The lowest BCUT2D eigenvalue weighted by atomic mass is 10.1. The van der Waals surface area contributed by atoms with Gasteiger partial charge in [0, 0.05) is 16.6 Å². The second kappa shape index (κ2) is 7.12. The van der Waals surface area contributed by atoms with Gasteiger partial charge in [0.15, 0.2) is 5.76 Å². The Kier molecular flexibility index (Phi) is 4.51. The first-order valence-corrected chi connectivity index (χ1v) is 9.04. The van der Waals surface area contributed by atoms with Crippen molar-refractivity contribution in [3.63, 3.8) is 0 Å². The number of amides is 1. The number of rotatable bonds is 4. The Bertz CT molecular complexity index is 1080. The molecule has 0 radical (unpaired) electrons. The number of carbonyl (C=O) groups is 1. The summed E-state index contributed by atoms with van der Waals surface area (Å²) in [6.07, 6.45) is 0. The van der Waals surface area contributed by atoms with Gasteiger partial charge in [-0.05, 0) is 37.6 Å². The maximum absolute atomic E-state index is 13.5. The van der Waals surface area contributed by atoms with E-state index < -0.39 is 0 Å². The van der Waals surface area contributed by atoms with Crippen LogP contribution in [-0.4, -0.2) is 5.91 Å². The molecule has 1 heterocycles. The molecule has 1 amide bonds. The summed E-state index contributed by atoms with van der Waals surface area (Å²) in [6.45, 7) is 4.46. The number of aryl methyl sites for hydroxylation is 2. The summed E-state index contributed by atoms with van der Waals surface area (Å²) in [5.41, 5.74) is 4.70. The van der Waals surface area contributed by atoms with Crippen LogP contribution in [0.15, 0.2) is 83.3 Å². The molecule has 1 aromatic heterocycles. The van der Waals surface area contributed by atoms with Crippen LogP contribution in [0.2, 0.25) is 0 Å². The number of furan rings is 1. The van der Waals surface area contributed by atoms with Gasteiger partial charge in [0.1, 0.15) is 5.58 Å². The van der Waals surface area contributed by atoms with E-state index in [9.17, 15) is 4.79 Å². The first kappa shape index (κ1) is 17.1. The molecule has 0 unspecified atom stereocenters. The van der Waals surface area contributed by atoms with Crippen molar-refractivity contribution in [3.05, 3.63) is 101 Å². The van der Waals surface area contributed by atoms with Gasteiger partial charge >= 0.3 is 0 Å². The smallest absolute Gasteiger partial charge is 0.294 e. The van der Waals surface area contributed by atoms with E-state index in [-0.39, 0.29) is 5.91 Å². The summed E-state index contributed by atoms with van der Waals surface area (Å²) in [7, 11) is 0. The first-order valence-electron chi connectivity index (χ1n) is 9.04. The Balaban J connectivity index is 1.77. The van der Waals surface area contributed by atoms with Crippen LogP contribution in [0.5, 0.6) is 0 Å². The standard InChI is InChI=1S/C24H21NO2/c1-17-12-14-20(15-13-17)25(16-19-8-4-3-5-9-19)24(26)23-18(2)21-10-6-7-11-22(21)27-23/h3-15H,16H2,1-2H3. The van der Waals surface area contributed by atoms with Crippen molar-refractivity contribution < 1.29 is 9.21 Å². The summed E-state index contributed by atoms with van der Waals surface area (Å²) in [5, 5.41) is 0.976. The van der Waals surface area contributed by atoms with Crippen molar-refractivity contribution >= 4 is 22.6 Å². The predicted molar refractivity (Wildman–Crippen MR) is 109 cm³/mol. The summed E-state index contributed by atoms with van der Waals surface area (Å²) in [5.74, 6) is 0.268. The molecule has 0 saturated carbocycles. The lowest BCUT2D eigenvalue weighted by Gasteiger charge is -2.22. The van der Waals surface area contributed by atoms with Gasteiger partial charge in [0.25, 0.3) is 5.91 Å². The van der Waals surface area contributed by atoms with E-state index in [1.165, 1.54) is 0 Å². The normalized spacial score (nSPS) is 10.9. The Labute approximate surface area is 158 Å². The van der Waals surface area contributed by atoms with E-state index in [2.05, 4.69) is 0 Å². The Morgan fingerprint density at radius 1 is 0.852 bits per heavy atom. The molecule has 3 nitrogen and oxygen atoms in total. The summed E-state index contributed by atoms with van der Waals surface area (Å²) in [6, 6.07) is 25.8. The third-order valence-electron chi connectivity index (χ3n) is 4.81. The number of hydrogen-bond acceptors (Lipinski definition) is 2. The average molecular weight is 355 g/mol. The zero-order valence-corrected chi connectivity index (χ0v) is 15.5. The fraction of sp³-hybridized carbons (Fsp3) is 0.125. The molecule has 3 heteroatoms. The van der Waals surface area contributed by atoms with Crippen molar-refractivity contribution in [1.82, 2.24) is 0 Å². The second-order valence-corrected chi connectivity index (χ2v) is 6.76. The van der Waals surface area contributed by atoms with E-state index in [0.717, 1.165) is 33.3 Å². The van der Waals surface area contributed by atoms with Gasteiger partial charge in [-0.15, -0.1) is 0 Å². The van der Waals surface area contributed by atoms with E-state index in [4.69, 9.17) is 4.42 Å². The summed E-state index contributed by atoms with van der Waals surface area (Å²) >= 11 is 0. The molecule has 0 bridgehead atoms. The molecule has 27 heavy (non-hydrogen) atoms. The van der Waals surface area contributed by atoms with E-state index in [1.807, 2.05) is 92.7 Å². The molecular formula is C24H21NO2. The quantitative estimate of drug-likeness (QED) is 0.457. The monoisotopic (exact) mass is 355 g/mol. The third-order valence-corrected chi connectivity index (χ3v) is 4.81. The SMILES string of the molecule is Cc1ccc(N(Cc2ccccc2)C(=O)c2oc3ccccc3c2C)cc1. The van der Waals surface area contributed by atoms with Gasteiger partial charge in [-0.2, -0.15) is 0 Å². The molecule has 4 aromatic rings. The maximum atomic E-state index is 13.5. The van der Waals surface area contributed by atoms with Crippen molar-refractivity contribution in [2.24, 2.45) is 0 Å². The number of fused-ring (bicyclic) bond motifs is 1. The van der Waals surface area contributed by atoms with Crippen molar-refractivity contribution in [2.75, 3.05) is 4.90 Å². The molecular weight excluding hydrogens is 334 g/mol. The molecule has 0 aliphatic carbocycles. The van der Waals surface area contributed by atoms with Crippen LogP contribution in [-0.2, 0) is 6.54 Å². The van der Waals surface area contributed by atoms with Gasteiger partial charge in [-0.25, -0.2) is 0 Å². The van der Waals surface area contributed by atoms with E-state index in [1.54, 1.807) is 4.90 Å². The topological polar surface area (TPSA) is 33.5 Å².